The molecule has 0 unspecified atom stereocenters. The number of nitrogens with zero attached hydrogens (tertiary/aromatic N) is 2. The normalized spacial score (nSPS) is 11.7. The molecule has 0 aliphatic rings. The van der Waals surface area contributed by atoms with Crippen LogP contribution in [0.4, 0.5) is 0 Å². The van der Waals surface area contributed by atoms with Crippen molar-refractivity contribution < 1.29 is 13.2 Å². The van der Waals surface area contributed by atoms with Crippen LogP contribution in [0.1, 0.15) is 22.3 Å². The number of sulfonamides is 1. The molecule has 0 saturated heterocycles. The number of benzene rings is 3. The second kappa shape index (κ2) is 10.1. The monoisotopic (exact) mass is 435 g/mol. The van der Waals surface area contributed by atoms with Gasteiger partial charge in [-0.25, -0.2) is 13.8 Å². The van der Waals surface area contributed by atoms with Gasteiger partial charge in [0.2, 0.25) is 10.0 Å². The van der Waals surface area contributed by atoms with Crippen LogP contribution in [0, 0.1) is 13.8 Å². The topological polar surface area (TPSA) is 78.8 Å². The molecule has 3 rings (SSSR count). The fourth-order valence-corrected chi connectivity index (χ4v) is 4.40. The number of nitrogens with one attached hydrogen (secondary N) is 1. The lowest BCUT2D eigenvalue weighted by Crippen LogP contribution is -2.39. The molecule has 3 aromatic rings. The first-order valence-corrected chi connectivity index (χ1v) is 11.3. The number of amides is 1. The first kappa shape index (κ1) is 22.4. The Bertz CT molecular complexity index is 1160. The summed E-state index contributed by atoms with van der Waals surface area (Å²) < 4.78 is 27.7. The van der Waals surface area contributed by atoms with E-state index in [0.29, 0.717) is 0 Å². The number of hydrazone groups is 1. The zero-order valence-corrected chi connectivity index (χ0v) is 18.3. The van der Waals surface area contributed by atoms with Crippen molar-refractivity contribution in [3.63, 3.8) is 0 Å². The molecule has 0 aromatic heterocycles. The van der Waals surface area contributed by atoms with Gasteiger partial charge in [-0.15, -0.1) is 0 Å². The molecule has 1 amide bonds. The third-order valence-electron chi connectivity index (χ3n) is 4.62. The molecule has 3 aromatic carbocycles. The van der Waals surface area contributed by atoms with E-state index >= 15 is 0 Å². The summed E-state index contributed by atoms with van der Waals surface area (Å²) in [4.78, 5) is 12.6. The highest BCUT2D eigenvalue weighted by Crippen LogP contribution is 2.19. The van der Waals surface area contributed by atoms with Gasteiger partial charge in [-0.1, -0.05) is 77.9 Å². The summed E-state index contributed by atoms with van der Waals surface area (Å²) in [5, 5.41) is 3.94. The lowest BCUT2D eigenvalue weighted by Gasteiger charge is -2.22. The quantitative estimate of drug-likeness (QED) is 0.433. The van der Waals surface area contributed by atoms with E-state index in [1.54, 1.807) is 24.3 Å². The van der Waals surface area contributed by atoms with Crippen molar-refractivity contribution in [3.8, 4) is 0 Å². The van der Waals surface area contributed by atoms with Gasteiger partial charge in [0.1, 0.15) is 0 Å². The molecule has 1 N–H and O–H groups in total. The molecule has 0 heterocycles. The smallest absolute Gasteiger partial charge is 0.255 e. The van der Waals surface area contributed by atoms with Gasteiger partial charge in [0.05, 0.1) is 17.7 Å². The average molecular weight is 436 g/mol. The van der Waals surface area contributed by atoms with Crippen molar-refractivity contribution in [3.05, 3.63) is 101 Å². The second-order valence-corrected chi connectivity index (χ2v) is 9.22. The number of carbonyl (C=O) groups is 1. The lowest BCUT2D eigenvalue weighted by molar-refractivity contribution is -0.121. The summed E-state index contributed by atoms with van der Waals surface area (Å²) in [6, 6.07) is 23.4. The molecule has 160 valence electrons. The maximum Gasteiger partial charge on any atom is 0.255 e. The zero-order chi connectivity index (χ0) is 22.3. The van der Waals surface area contributed by atoms with Crippen molar-refractivity contribution in [1.29, 1.82) is 0 Å². The molecular formula is C24H25N3O3S. The minimum atomic E-state index is -3.88. The van der Waals surface area contributed by atoms with Crippen LogP contribution >= 0.6 is 0 Å². The summed E-state index contributed by atoms with van der Waals surface area (Å²) in [5.41, 5.74) is 6.02. The molecule has 0 atom stereocenters. The van der Waals surface area contributed by atoms with Gasteiger partial charge in [-0.05, 0) is 37.1 Å². The first-order valence-electron chi connectivity index (χ1n) is 9.84. The minimum Gasteiger partial charge on any atom is -0.272 e. The SMILES string of the molecule is Cc1ccc(S(=O)(=O)N(CC(=O)N/N=C\c2ccccc2)Cc2cccc(C)c2)cc1. The Morgan fingerprint density at radius 3 is 2.32 bits per heavy atom. The van der Waals surface area contributed by atoms with Crippen molar-refractivity contribution in [2.45, 2.75) is 25.3 Å². The Kier molecular flexibility index (Phi) is 7.33. The molecule has 0 fully saturated rings. The van der Waals surface area contributed by atoms with Crippen LogP contribution in [-0.2, 0) is 21.4 Å². The standard InChI is InChI=1S/C24H25N3O3S/c1-19-11-13-23(14-12-19)31(29,30)27(17-22-10-6-7-20(2)15-22)18-24(28)26-25-16-21-8-4-3-5-9-21/h3-16H,17-18H2,1-2H3,(H,26,28)/b25-16-. The van der Waals surface area contributed by atoms with E-state index in [-0.39, 0.29) is 18.0 Å². The Labute approximate surface area is 183 Å². The van der Waals surface area contributed by atoms with Gasteiger partial charge in [0.25, 0.3) is 5.91 Å². The van der Waals surface area contributed by atoms with Gasteiger partial charge in [-0.3, -0.25) is 4.79 Å². The third kappa shape index (κ3) is 6.34. The number of aryl methyl sites for hydroxylation is 2. The highest BCUT2D eigenvalue weighted by atomic mass is 32.2. The van der Waals surface area contributed by atoms with E-state index in [1.165, 1.54) is 10.5 Å². The molecule has 31 heavy (non-hydrogen) atoms. The molecule has 0 saturated carbocycles. The van der Waals surface area contributed by atoms with E-state index in [9.17, 15) is 13.2 Å². The molecule has 0 bridgehead atoms. The van der Waals surface area contributed by atoms with Crippen LogP contribution in [0.2, 0.25) is 0 Å². The van der Waals surface area contributed by atoms with E-state index in [1.807, 2.05) is 68.4 Å². The molecule has 0 spiro atoms. The van der Waals surface area contributed by atoms with Crippen molar-refractivity contribution >= 4 is 22.1 Å². The van der Waals surface area contributed by atoms with Crippen molar-refractivity contribution in [2.24, 2.45) is 5.10 Å². The Morgan fingerprint density at radius 2 is 1.65 bits per heavy atom. The van der Waals surface area contributed by atoms with Gasteiger partial charge in [0, 0.05) is 6.54 Å². The fourth-order valence-electron chi connectivity index (χ4n) is 3.01. The van der Waals surface area contributed by atoms with Crippen molar-refractivity contribution in [2.75, 3.05) is 6.54 Å². The maximum atomic E-state index is 13.3. The van der Waals surface area contributed by atoms with Crippen LogP contribution in [0.15, 0.2) is 88.9 Å². The van der Waals surface area contributed by atoms with Gasteiger partial charge >= 0.3 is 0 Å². The first-order chi connectivity index (χ1) is 14.8. The van der Waals surface area contributed by atoms with Crippen LogP contribution in [0.3, 0.4) is 0 Å². The zero-order valence-electron chi connectivity index (χ0n) is 17.5. The maximum absolute atomic E-state index is 13.3. The van der Waals surface area contributed by atoms with Gasteiger partial charge in [-0.2, -0.15) is 9.41 Å². The molecule has 0 aliphatic heterocycles. The van der Waals surface area contributed by atoms with E-state index in [4.69, 9.17) is 0 Å². The Hall–Kier alpha value is -3.29. The van der Waals surface area contributed by atoms with Crippen molar-refractivity contribution in [1.82, 2.24) is 9.73 Å². The highest BCUT2D eigenvalue weighted by Gasteiger charge is 2.27. The molecular weight excluding hydrogens is 410 g/mol. The van der Waals surface area contributed by atoms with E-state index < -0.39 is 15.9 Å². The molecule has 0 radical (unpaired) electrons. The summed E-state index contributed by atoms with van der Waals surface area (Å²) in [6.45, 7) is 3.55. The number of carbonyl (C=O) groups excluding carboxylic acids is 1. The summed E-state index contributed by atoms with van der Waals surface area (Å²) in [7, 11) is -3.88. The Morgan fingerprint density at radius 1 is 0.935 bits per heavy atom. The summed E-state index contributed by atoms with van der Waals surface area (Å²) in [6.07, 6.45) is 1.51. The van der Waals surface area contributed by atoms with E-state index in [2.05, 4.69) is 10.5 Å². The van der Waals surface area contributed by atoms with Crippen LogP contribution < -0.4 is 5.43 Å². The predicted octanol–water partition coefficient (Wildman–Crippen LogP) is 3.64. The van der Waals surface area contributed by atoms with Crippen LogP contribution in [-0.4, -0.2) is 31.4 Å². The average Bonchev–Trinajstić information content (AvgIpc) is 2.74. The second-order valence-electron chi connectivity index (χ2n) is 7.28. The molecule has 0 aliphatic carbocycles. The molecule has 6 nitrogen and oxygen atoms in total. The third-order valence-corrected chi connectivity index (χ3v) is 6.43. The fraction of sp³-hybridized carbons (Fsp3) is 0.167. The van der Waals surface area contributed by atoms with Gasteiger partial charge in [0.15, 0.2) is 0 Å². The number of hydrogen-bond donors (Lipinski definition) is 1. The van der Waals surface area contributed by atoms with E-state index in [0.717, 1.165) is 22.3 Å². The Balaban J connectivity index is 1.80. The highest BCUT2D eigenvalue weighted by molar-refractivity contribution is 7.89. The summed E-state index contributed by atoms with van der Waals surface area (Å²) in [5.74, 6) is -0.518. The molecule has 7 heteroatoms. The largest absolute Gasteiger partial charge is 0.272 e. The number of rotatable bonds is 8. The number of hydrogen-bond acceptors (Lipinski definition) is 4. The van der Waals surface area contributed by atoms with Crippen LogP contribution in [0.25, 0.3) is 0 Å². The predicted molar refractivity (Wildman–Crippen MR) is 122 cm³/mol. The van der Waals surface area contributed by atoms with Crippen LogP contribution in [0.5, 0.6) is 0 Å². The lowest BCUT2D eigenvalue weighted by atomic mass is 10.1. The summed E-state index contributed by atoms with van der Waals surface area (Å²) >= 11 is 0. The van der Waals surface area contributed by atoms with Gasteiger partial charge < -0.3 is 0 Å². The minimum absolute atomic E-state index is 0.0771.